The van der Waals surface area contributed by atoms with Gasteiger partial charge in [0, 0.05) is 12.7 Å². The molecule has 5 heteroatoms. The standard InChI is InChI=1S/C12H17N3O2/c1-5-12(3,4)17-11-7-9(13)14-10(15-11)8-16-6-2/h1,7H,6,8H2,2-4H3,(H2,13,14,15). The molecule has 2 N–H and O–H groups in total. The quantitative estimate of drug-likeness (QED) is 0.781. The zero-order chi connectivity index (χ0) is 12.9. The average Bonchev–Trinajstić information content (AvgIpc) is 2.25. The van der Waals surface area contributed by atoms with Crippen molar-refractivity contribution in [1.82, 2.24) is 9.97 Å². The van der Waals surface area contributed by atoms with Crippen LogP contribution in [0.2, 0.25) is 0 Å². The van der Waals surface area contributed by atoms with Crippen molar-refractivity contribution in [2.45, 2.75) is 33.0 Å². The van der Waals surface area contributed by atoms with Crippen molar-refractivity contribution >= 4 is 5.82 Å². The maximum atomic E-state index is 5.65. The van der Waals surface area contributed by atoms with Crippen molar-refractivity contribution in [1.29, 1.82) is 0 Å². The molecule has 0 saturated heterocycles. The van der Waals surface area contributed by atoms with Crippen molar-refractivity contribution in [2.75, 3.05) is 12.3 Å². The van der Waals surface area contributed by atoms with Gasteiger partial charge in [-0.25, -0.2) is 4.98 Å². The number of nitrogen functional groups attached to an aromatic ring is 1. The highest BCUT2D eigenvalue weighted by Gasteiger charge is 2.17. The summed E-state index contributed by atoms with van der Waals surface area (Å²) in [5.74, 6) is 3.69. The molecule has 0 saturated carbocycles. The van der Waals surface area contributed by atoms with Crippen LogP contribution in [0.3, 0.4) is 0 Å². The summed E-state index contributed by atoms with van der Waals surface area (Å²) in [7, 11) is 0. The smallest absolute Gasteiger partial charge is 0.220 e. The average molecular weight is 235 g/mol. The molecule has 17 heavy (non-hydrogen) atoms. The van der Waals surface area contributed by atoms with Gasteiger partial charge in [-0.05, 0) is 20.8 Å². The first kappa shape index (κ1) is 13.3. The van der Waals surface area contributed by atoms with E-state index in [1.807, 2.05) is 6.92 Å². The van der Waals surface area contributed by atoms with Gasteiger partial charge in [0.05, 0.1) is 0 Å². The molecule has 1 aromatic heterocycles. The van der Waals surface area contributed by atoms with E-state index in [0.29, 0.717) is 30.7 Å². The third-order valence-electron chi connectivity index (χ3n) is 1.91. The van der Waals surface area contributed by atoms with Crippen LogP contribution in [0.1, 0.15) is 26.6 Å². The van der Waals surface area contributed by atoms with Gasteiger partial charge in [0.1, 0.15) is 12.4 Å². The molecule has 0 fully saturated rings. The third kappa shape index (κ3) is 4.29. The first-order valence-electron chi connectivity index (χ1n) is 5.35. The fourth-order valence-electron chi connectivity index (χ4n) is 1.09. The van der Waals surface area contributed by atoms with Gasteiger partial charge in [0.15, 0.2) is 11.4 Å². The fraction of sp³-hybridized carbons (Fsp3) is 0.500. The Bertz CT molecular complexity index is 424. The highest BCUT2D eigenvalue weighted by Crippen LogP contribution is 2.17. The van der Waals surface area contributed by atoms with Gasteiger partial charge in [-0.3, -0.25) is 0 Å². The molecule has 0 aromatic carbocycles. The molecule has 0 spiro atoms. The van der Waals surface area contributed by atoms with Gasteiger partial charge < -0.3 is 15.2 Å². The summed E-state index contributed by atoms with van der Waals surface area (Å²) in [6.07, 6.45) is 5.34. The number of terminal acetylenes is 1. The molecule has 5 nitrogen and oxygen atoms in total. The summed E-state index contributed by atoms with van der Waals surface area (Å²) >= 11 is 0. The Balaban J connectivity index is 2.86. The molecular weight excluding hydrogens is 218 g/mol. The molecular formula is C12H17N3O2. The summed E-state index contributed by atoms with van der Waals surface area (Å²) in [6, 6.07) is 1.54. The van der Waals surface area contributed by atoms with E-state index in [2.05, 4.69) is 15.9 Å². The molecule has 0 aliphatic rings. The Morgan fingerprint density at radius 2 is 2.18 bits per heavy atom. The zero-order valence-corrected chi connectivity index (χ0v) is 10.4. The molecule has 0 radical (unpaired) electrons. The largest absolute Gasteiger partial charge is 0.458 e. The van der Waals surface area contributed by atoms with Crippen molar-refractivity contribution in [3.8, 4) is 18.2 Å². The summed E-state index contributed by atoms with van der Waals surface area (Å²) < 4.78 is 10.7. The maximum Gasteiger partial charge on any atom is 0.220 e. The predicted octanol–water partition coefficient (Wildman–Crippen LogP) is 1.39. The van der Waals surface area contributed by atoms with Crippen molar-refractivity contribution in [3.63, 3.8) is 0 Å². The molecule has 0 aliphatic carbocycles. The highest BCUT2D eigenvalue weighted by molar-refractivity contribution is 5.33. The second-order valence-corrected chi connectivity index (χ2v) is 3.94. The van der Waals surface area contributed by atoms with E-state index in [1.54, 1.807) is 13.8 Å². The minimum absolute atomic E-state index is 0.300. The number of hydrogen-bond donors (Lipinski definition) is 1. The van der Waals surface area contributed by atoms with Crippen LogP contribution in [0.5, 0.6) is 5.88 Å². The van der Waals surface area contributed by atoms with E-state index in [4.69, 9.17) is 21.6 Å². The number of nitrogens with zero attached hydrogens (tertiary/aromatic N) is 2. The van der Waals surface area contributed by atoms with Crippen LogP contribution in [0.4, 0.5) is 5.82 Å². The Labute approximate surface area is 101 Å². The van der Waals surface area contributed by atoms with E-state index < -0.39 is 5.60 Å². The number of hydrogen-bond acceptors (Lipinski definition) is 5. The SMILES string of the molecule is C#CC(C)(C)Oc1cc(N)nc(COCC)n1. The molecule has 0 amide bonds. The Hall–Kier alpha value is -1.80. The van der Waals surface area contributed by atoms with Crippen LogP contribution in [0.15, 0.2) is 6.07 Å². The highest BCUT2D eigenvalue weighted by atomic mass is 16.5. The predicted molar refractivity (Wildman–Crippen MR) is 65.3 cm³/mol. The van der Waals surface area contributed by atoms with Crippen LogP contribution in [0, 0.1) is 12.3 Å². The first-order valence-corrected chi connectivity index (χ1v) is 5.35. The lowest BCUT2D eigenvalue weighted by atomic mass is 10.1. The summed E-state index contributed by atoms with van der Waals surface area (Å²) in [5, 5.41) is 0. The monoisotopic (exact) mass is 235 g/mol. The molecule has 0 aliphatic heterocycles. The Morgan fingerprint density at radius 3 is 2.76 bits per heavy atom. The normalized spacial score (nSPS) is 10.9. The van der Waals surface area contributed by atoms with Gasteiger partial charge in [0.2, 0.25) is 5.88 Å². The van der Waals surface area contributed by atoms with Crippen LogP contribution in [-0.4, -0.2) is 22.2 Å². The van der Waals surface area contributed by atoms with Crippen LogP contribution < -0.4 is 10.5 Å². The Kier molecular flexibility index (Phi) is 4.30. The van der Waals surface area contributed by atoms with E-state index in [0.717, 1.165) is 0 Å². The maximum absolute atomic E-state index is 5.65. The summed E-state index contributed by atoms with van der Waals surface area (Å²) in [6.45, 7) is 6.32. The van der Waals surface area contributed by atoms with Crippen LogP contribution >= 0.6 is 0 Å². The van der Waals surface area contributed by atoms with E-state index >= 15 is 0 Å². The van der Waals surface area contributed by atoms with Gasteiger partial charge in [-0.2, -0.15) is 4.98 Å². The number of anilines is 1. The van der Waals surface area contributed by atoms with E-state index in [1.165, 1.54) is 6.07 Å². The fourth-order valence-corrected chi connectivity index (χ4v) is 1.09. The van der Waals surface area contributed by atoms with Crippen molar-refractivity contribution in [3.05, 3.63) is 11.9 Å². The lowest BCUT2D eigenvalue weighted by Crippen LogP contribution is -2.26. The molecule has 1 aromatic rings. The van der Waals surface area contributed by atoms with Gasteiger partial charge in [0.25, 0.3) is 0 Å². The zero-order valence-electron chi connectivity index (χ0n) is 10.4. The first-order chi connectivity index (χ1) is 7.96. The van der Waals surface area contributed by atoms with Crippen molar-refractivity contribution in [2.24, 2.45) is 0 Å². The molecule has 1 heterocycles. The second-order valence-electron chi connectivity index (χ2n) is 3.94. The van der Waals surface area contributed by atoms with Crippen molar-refractivity contribution < 1.29 is 9.47 Å². The number of nitrogens with two attached hydrogens (primary N) is 1. The lowest BCUT2D eigenvalue weighted by molar-refractivity contribution is 0.124. The Morgan fingerprint density at radius 1 is 1.47 bits per heavy atom. The minimum atomic E-state index is -0.732. The lowest BCUT2D eigenvalue weighted by Gasteiger charge is -2.19. The van der Waals surface area contributed by atoms with E-state index in [9.17, 15) is 0 Å². The molecule has 1 rings (SSSR count). The van der Waals surface area contributed by atoms with Gasteiger partial charge in [-0.15, -0.1) is 6.42 Å². The number of aromatic nitrogens is 2. The molecule has 0 unspecified atom stereocenters. The van der Waals surface area contributed by atoms with Gasteiger partial charge >= 0.3 is 0 Å². The minimum Gasteiger partial charge on any atom is -0.458 e. The third-order valence-corrected chi connectivity index (χ3v) is 1.91. The molecule has 0 atom stereocenters. The van der Waals surface area contributed by atoms with Gasteiger partial charge in [-0.1, -0.05) is 5.92 Å². The molecule has 0 bridgehead atoms. The summed E-state index contributed by atoms with van der Waals surface area (Å²) in [5.41, 5.74) is 4.92. The second kappa shape index (κ2) is 5.51. The number of rotatable bonds is 5. The van der Waals surface area contributed by atoms with Crippen LogP contribution in [0.25, 0.3) is 0 Å². The molecule has 92 valence electrons. The summed E-state index contributed by atoms with van der Waals surface area (Å²) in [4.78, 5) is 8.21. The van der Waals surface area contributed by atoms with E-state index in [-0.39, 0.29) is 0 Å². The topological polar surface area (TPSA) is 70.3 Å². The van der Waals surface area contributed by atoms with Crippen LogP contribution in [-0.2, 0) is 11.3 Å². The number of ether oxygens (including phenoxy) is 2.